The van der Waals surface area contributed by atoms with Crippen LogP contribution in [0.25, 0.3) is 0 Å². The monoisotopic (exact) mass is 473 g/mol. The fourth-order valence-corrected chi connectivity index (χ4v) is 6.63. The maximum Gasteiger partial charge on any atom is 0.328 e. The van der Waals surface area contributed by atoms with Crippen molar-refractivity contribution in [3.8, 4) is 5.75 Å². The summed E-state index contributed by atoms with van der Waals surface area (Å²) < 4.78 is 10.6. The molecule has 0 radical (unpaired) electrons. The third kappa shape index (κ3) is 4.79. The highest BCUT2D eigenvalue weighted by Crippen LogP contribution is 2.40. The third-order valence-corrected chi connectivity index (χ3v) is 8.59. The summed E-state index contributed by atoms with van der Waals surface area (Å²) in [6, 6.07) is 7.34. The number of thioether (sulfide) groups is 1. The van der Waals surface area contributed by atoms with Crippen molar-refractivity contribution < 1.29 is 19.1 Å². The average molecular weight is 474 g/mol. The van der Waals surface area contributed by atoms with Crippen LogP contribution in [0.4, 0.5) is 4.79 Å². The van der Waals surface area contributed by atoms with Crippen LogP contribution < -0.4 is 4.74 Å². The van der Waals surface area contributed by atoms with Gasteiger partial charge in [-0.05, 0) is 55.7 Å². The molecule has 1 spiro atoms. The van der Waals surface area contributed by atoms with E-state index in [1.165, 1.54) is 15.4 Å². The van der Waals surface area contributed by atoms with E-state index < -0.39 is 5.54 Å². The van der Waals surface area contributed by atoms with Gasteiger partial charge < -0.3 is 19.3 Å². The Bertz CT molecular complexity index is 912. The van der Waals surface area contributed by atoms with E-state index in [9.17, 15) is 9.59 Å². The van der Waals surface area contributed by atoms with Gasteiger partial charge in [0.25, 0.3) is 5.91 Å². The second-order valence-electron chi connectivity index (χ2n) is 9.28. The normalized spacial score (nSPS) is 23.3. The SMILES string of the molecule is COCCN1C(=O)N(Cc2cccc(OC)c2)C(=O)C12CCN(CC1CC(C)=C(C)S1)CC2. The molecule has 0 aliphatic carbocycles. The van der Waals surface area contributed by atoms with Crippen molar-refractivity contribution in [3.05, 3.63) is 40.3 Å². The lowest BCUT2D eigenvalue weighted by molar-refractivity contribution is -0.136. The summed E-state index contributed by atoms with van der Waals surface area (Å²) in [5, 5.41) is 0.592. The molecule has 0 aromatic heterocycles. The number of hydrogen-bond acceptors (Lipinski definition) is 6. The fraction of sp³-hybridized carbons (Fsp3) is 0.600. The van der Waals surface area contributed by atoms with Gasteiger partial charge in [0.05, 0.1) is 20.3 Å². The first kappa shape index (κ1) is 24.1. The van der Waals surface area contributed by atoms with Crippen LogP contribution in [0.15, 0.2) is 34.7 Å². The molecule has 1 unspecified atom stereocenters. The molecule has 1 atom stereocenters. The van der Waals surface area contributed by atoms with E-state index in [2.05, 4.69) is 18.7 Å². The summed E-state index contributed by atoms with van der Waals surface area (Å²) in [5.41, 5.74) is 1.61. The Kier molecular flexibility index (Phi) is 7.36. The van der Waals surface area contributed by atoms with Gasteiger partial charge in [-0.15, -0.1) is 11.8 Å². The van der Waals surface area contributed by atoms with Crippen molar-refractivity contribution in [2.45, 2.75) is 50.4 Å². The number of methoxy groups -OCH3 is 2. The van der Waals surface area contributed by atoms with Crippen LogP contribution in [-0.2, 0) is 16.1 Å². The number of nitrogens with zero attached hydrogens (tertiary/aromatic N) is 3. The van der Waals surface area contributed by atoms with Gasteiger partial charge in [0.2, 0.25) is 0 Å². The highest BCUT2D eigenvalue weighted by Gasteiger charge is 2.57. The van der Waals surface area contributed by atoms with E-state index in [4.69, 9.17) is 9.47 Å². The molecule has 3 aliphatic heterocycles. The van der Waals surface area contributed by atoms with Crippen LogP contribution in [0, 0.1) is 0 Å². The van der Waals surface area contributed by atoms with Gasteiger partial charge >= 0.3 is 6.03 Å². The Labute approximate surface area is 201 Å². The van der Waals surface area contributed by atoms with Crippen molar-refractivity contribution >= 4 is 23.7 Å². The van der Waals surface area contributed by atoms with Crippen molar-refractivity contribution in [2.75, 3.05) is 47.0 Å². The maximum absolute atomic E-state index is 13.7. The van der Waals surface area contributed by atoms with Gasteiger partial charge in [0, 0.05) is 38.5 Å². The standard InChI is InChI=1S/C25H35N3O4S/c1-18-14-22(33-19(18)2)17-26-10-8-25(9-11-26)23(29)27(24(30)28(25)12-13-31-3)16-20-6-5-7-21(15-20)32-4/h5-7,15,22H,8-14,16-17H2,1-4H3. The van der Waals surface area contributed by atoms with Crippen LogP contribution in [0.5, 0.6) is 5.75 Å². The summed E-state index contributed by atoms with van der Waals surface area (Å²) in [6.07, 6.45) is 2.47. The lowest BCUT2D eigenvalue weighted by Gasteiger charge is -2.42. The zero-order valence-electron chi connectivity index (χ0n) is 20.1. The first-order valence-corrected chi connectivity index (χ1v) is 12.6. The second-order valence-corrected chi connectivity index (χ2v) is 10.8. The summed E-state index contributed by atoms with van der Waals surface area (Å²) in [5.74, 6) is 0.644. The largest absolute Gasteiger partial charge is 0.497 e. The molecule has 180 valence electrons. The number of imide groups is 1. The molecule has 33 heavy (non-hydrogen) atoms. The van der Waals surface area contributed by atoms with Crippen molar-refractivity contribution in [1.82, 2.24) is 14.7 Å². The third-order valence-electron chi connectivity index (χ3n) is 7.24. The Hall–Kier alpha value is -2.03. The number of amides is 3. The number of piperidine rings is 1. The lowest BCUT2D eigenvalue weighted by Crippen LogP contribution is -2.57. The number of ether oxygens (including phenoxy) is 2. The van der Waals surface area contributed by atoms with Crippen molar-refractivity contribution in [1.29, 1.82) is 0 Å². The van der Waals surface area contributed by atoms with E-state index in [0.29, 0.717) is 31.2 Å². The summed E-state index contributed by atoms with van der Waals surface area (Å²) in [4.78, 5) is 34.2. The molecule has 1 aromatic rings. The van der Waals surface area contributed by atoms with E-state index >= 15 is 0 Å². The maximum atomic E-state index is 13.7. The smallest absolute Gasteiger partial charge is 0.328 e. The van der Waals surface area contributed by atoms with E-state index in [-0.39, 0.29) is 18.5 Å². The van der Waals surface area contributed by atoms with Gasteiger partial charge in [0.15, 0.2) is 0 Å². The molecule has 0 bridgehead atoms. The molecule has 7 nitrogen and oxygen atoms in total. The second kappa shape index (κ2) is 10.1. The molecule has 2 saturated heterocycles. The highest BCUT2D eigenvalue weighted by atomic mass is 32.2. The van der Waals surface area contributed by atoms with E-state index in [0.717, 1.165) is 37.4 Å². The van der Waals surface area contributed by atoms with Crippen LogP contribution >= 0.6 is 11.8 Å². The van der Waals surface area contributed by atoms with Gasteiger partial charge in [-0.2, -0.15) is 0 Å². The zero-order chi connectivity index (χ0) is 23.6. The lowest BCUT2D eigenvalue weighted by atomic mass is 9.85. The molecule has 1 aromatic carbocycles. The predicted octanol–water partition coefficient (Wildman–Crippen LogP) is 3.74. The minimum atomic E-state index is -0.766. The number of rotatable bonds is 8. The number of hydrogen-bond donors (Lipinski definition) is 0. The van der Waals surface area contributed by atoms with Crippen LogP contribution in [0.1, 0.15) is 38.7 Å². The number of likely N-dealkylation sites (tertiary alicyclic amines) is 1. The molecule has 4 rings (SSSR count). The number of carbonyl (C=O) groups excluding carboxylic acids is 2. The molecular formula is C25H35N3O4S. The van der Waals surface area contributed by atoms with Crippen LogP contribution in [0.3, 0.4) is 0 Å². The number of benzene rings is 1. The highest BCUT2D eigenvalue weighted by molar-refractivity contribution is 8.03. The average Bonchev–Trinajstić information content (AvgIpc) is 3.22. The molecule has 0 N–H and O–H groups in total. The van der Waals surface area contributed by atoms with Crippen LogP contribution in [-0.4, -0.2) is 84.4 Å². The molecule has 3 amide bonds. The minimum absolute atomic E-state index is 0.0744. The topological polar surface area (TPSA) is 62.3 Å². The number of carbonyl (C=O) groups is 2. The quantitative estimate of drug-likeness (QED) is 0.536. The van der Waals surface area contributed by atoms with Gasteiger partial charge in [0.1, 0.15) is 11.3 Å². The van der Waals surface area contributed by atoms with Crippen LogP contribution in [0.2, 0.25) is 0 Å². The fourth-order valence-electron chi connectivity index (χ4n) is 5.22. The van der Waals surface area contributed by atoms with E-state index in [1.54, 1.807) is 19.1 Å². The molecule has 8 heteroatoms. The van der Waals surface area contributed by atoms with Crippen molar-refractivity contribution in [2.24, 2.45) is 0 Å². The Morgan fingerprint density at radius 1 is 1.15 bits per heavy atom. The molecule has 2 fully saturated rings. The summed E-state index contributed by atoms with van der Waals surface area (Å²) in [6.45, 7) is 8.21. The van der Waals surface area contributed by atoms with Crippen molar-refractivity contribution in [3.63, 3.8) is 0 Å². The number of urea groups is 1. The van der Waals surface area contributed by atoms with Gasteiger partial charge in [-0.25, -0.2) is 4.79 Å². The minimum Gasteiger partial charge on any atom is -0.497 e. The Morgan fingerprint density at radius 2 is 1.91 bits per heavy atom. The molecule has 3 aliphatic rings. The van der Waals surface area contributed by atoms with Gasteiger partial charge in [-0.3, -0.25) is 9.69 Å². The first-order valence-electron chi connectivity index (χ1n) is 11.7. The van der Waals surface area contributed by atoms with E-state index in [1.807, 2.05) is 36.0 Å². The molecular weight excluding hydrogens is 438 g/mol. The number of allylic oxidation sites excluding steroid dienone is 2. The zero-order valence-corrected chi connectivity index (χ0v) is 21.0. The molecule has 3 heterocycles. The predicted molar refractivity (Wildman–Crippen MR) is 130 cm³/mol. The summed E-state index contributed by atoms with van der Waals surface area (Å²) >= 11 is 1.98. The molecule has 0 saturated carbocycles. The Morgan fingerprint density at radius 3 is 2.55 bits per heavy atom. The Balaban J connectivity index is 1.47. The first-order chi connectivity index (χ1) is 15.9. The van der Waals surface area contributed by atoms with Gasteiger partial charge in [-0.1, -0.05) is 17.7 Å². The summed E-state index contributed by atoms with van der Waals surface area (Å²) in [7, 11) is 3.24.